The molecule has 0 N–H and O–H groups in total. The number of rotatable bonds is 2. The van der Waals surface area contributed by atoms with Crippen LogP contribution >= 0.6 is 22.9 Å². The number of nitrogens with zero attached hydrogens (tertiary/aromatic N) is 5. The van der Waals surface area contributed by atoms with E-state index < -0.39 is 0 Å². The van der Waals surface area contributed by atoms with E-state index in [1.165, 1.54) is 21.8 Å². The van der Waals surface area contributed by atoms with Crippen LogP contribution in [0, 0.1) is 13.8 Å². The standard InChI is InChI=1S/C16H17N5OS2/c1-10-3-4-12-13(9-10)23-16(17-12)21-7-5-20(6-8-21)15(22)14-11(2)18-19-24-14/h3-4,9H,5-8H2,1-2H3. The number of benzene rings is 1. The van der Waals surface area contributed by atoms with Gasteiger partial charge in [-0.15, -0.1) is 5.10 Å². The van der Waals surface area contributed by atoms with Crippen molar-refractivity contribution in [3.05, 3.63) is 34.3 Å². The van der Waals surface area contributed by atoms with Gasteiger partial charge in [0.05, 0.1) is 15.9 Å². The number of fused-ring (bicyclic) bond motifs is 1. The number of thiazole rings is 1. The van der Waals surface area contributed by atoms with Crippen LogP contribution in [-0.2, 0) is 0 Å². The van der Waals surface area contributed by atoms with Crippen molar-refractivity contribution in [2.45, 2.75) is 13.8 Å². The van der Waals surface area contributed by atoms with E-state index >= 15 is 0 Å². The van der Waals surface area contributed by atoms with Crippen LogP contribution in [0.3, 0.4) is 0 Å². The Balaban J connectivity index is 1.47. The topological polar surface area (TPSA) is 62.2 Å². The Morgan fingerprint density at radius 2 is 1.96 bits per heavy atom. The van der Waals surface area contributed by atoms with Crippen molar-refractivity contribution in [3.8, 4) is 0 Å². The Morgan fingerprint density at radius 3 is 2.67 bits per heavy atom. The molecule has 0 bridgehead atoms. The van der Waals surface area contributed by atoms with Crippen LogP contribution in [0.5, 0.6) is 0 Å². The van der Waals surface area contributed by atoms with Gasteiger partial charge in [-0.1, -0.05) is 21.9 Å². The second-order valence-corrected chi connectivity index (χ2v) is 7.70. The van der Waals surface area contributed by atoms with Gasteiger partial charge in [0.2, 0.25) is 0 Å². The van der Waals surface area contributed by atoms with Gasteiger partial charge in [0.25, 0.3) is 5.91 Å². The number of carbonyl (C=O) groups is 1. The molecular weight excluding hydrogens is 342 g/mol. The zero-order valence-corrected chi connectivity index (χ0v) is 15.2. The van der Waals surface area contributed by atoms with E-state index in [4.69, 9.17) is 4.98 Å². The highest BCUT2D eigenvalue weighted by atomic mass is 32.1. The minimum absolute atomic E-state index is 0.0436. The third-order valence-electron chi connectivity index (χ3n) is 4.22. The fourth-order valence-corrected chi connectivity index (χ4v) is 4.57. The zero-order chi connectivity index (χ0) is 16.7. The van der Waals surface area contributed by atoms with Crippen LogP contribution < -0.4 is 4.90 Å². The molecule has 0 atom stereocenters. The summed E-state index contributed by atoms with van der Waals surface area (Å²) in [5.41, 5.74) is 3.01. The number of piperazine rings is 1. The molecule has 0 spiro atoms. The molecule has 24 heavy (non-hydrogen) atoms. The van der Waals surface area contributed by atoms with E-state index in [1.54, 1.807) is 11.3 Å². The molecule has 1 aromatic carbocycles. The van der Waals surface area contributed by atoms with Crippen molar-refractivity contribution in [2.75, 3.05) is 31.1 Å². The molecule has 3 aromatic rings. The molecule has 6 nitrogen and oxygen atoms in total. The Bertz CT molecular complexity index is 895. The minimum atomic E-state index is 0.0436. The molecule has 8 heteroatoms. The Hall–Kier alpha value is -2.06. The molecular formula is C16H17N5OS2. The second kappa shape index (κ2) is 6.10. The molecule has 1 fully saturated rings. The second-order valence-electron chi connectivity index (χ2n) is 5.93. The average molecular weight is 359 g/mol. The van der Waals surface area contributed by atoms with Gasteiger partial charge >= 0.3 is 0 Å². The predicted octanol–water partition coefficient (Wildman–Crippen LogP) is 2.73. The highest BCUT2D eigenvalue weighted by Crippen LogP contribution is 2.30. The van der Waals surface area contributed by atoms with Gasteiger partial charge in [-0.2, -0.15) is 0 Å². The molecule has 1 saturated heterocycles. The van der Waals surface area contributed by atoms with Crippen LogP contribution in [0.1, 0.15) is 20.9 Å². The maximum atomic E-state index is 12.5. The predicted molar refractivity (Wildman–Crippen MR) is 97.1 cm³/mol. The lowest BCUT2D eigenvalue weighted by atomic mass is 10.2. The van der Waals surface area contributed by atoms with Crippen LogP contribution in [0.4, 0.5) is 5.13 Å². The van der Waals surface area contributed by atoms with Crippen molar-refractivity contribution in [3.63, 3.8) is 0 Å². The van der Waals surface area contributed by atoms with Crippen molar-refractivity contribution < 1.29 is 4.79 Å². The fraction of sp³-hybridized carbons (Fsp3) is 0.375. The first-order valence-corrected chi connectivity index (χ1v) is 9.41. The highest BCUT2D eigenvalue weighted by molar-refractivity contribution is 7.22. The van der Waals surface area contributed by atoms with Crippen LogP contribution in [0.15, 0.2) is 18.2 Å². The fourth-order valence-electron chi connectivity index (χ4n) is 2.83. The molecule has 124 valence electrons. The van der Waals surface area contributed by atoms with Gasteiger partial charge in [-0.05, 0) is 43.1 Å². The van der Waals surface area contributed by atoms with Crippen LogP contribution in [0.25, 0.3) is 10.2 Å². The quantitative estimate of drug-likeness (QED) is 0.704. The lowest BCUT2D eigenvalue weighted by Gasteiger charge is -2.34. The van der Waals surface area contributed by atoms with E-state index in [9.17, 15) is 4.79 Å². The molecule has 0 aliphatic carbocycles. The van der Waals surface area contributed by atoms with Gasteiger partial charge in [-0.25, -0.2) is 4.98 Å². The summed E-state index contributed by atoms with van der Waals surface area (Å²) < 4.78 is 5.07. The van der Waals surface area contributed by atoms with Crippen molar-refractivity contribution in [1.29, 1.82) is 0 Å². The van der Waals surface area contributed by atoms with Gasteiger partial charge in [0, 0.05) is 26.2 Å². The molecule has 3 heterocycles. The number of amides is 1. The first-order chi connectivity index (χ1) is 11.6. The molecule has 2 aromatic heterocycles. The van der Waals surface area contributed by atoms with Crippen molar-refractivity contribution in [2.24, 2.45) is 0 Å². The first-order valence-electron chi connectivity index (χ1n) is 7.82. The van der Waals surface area contributed by atoms with E-state index in [-0.39, 0.29) is 5.91 Å². The van der Waals surface area contributed by atoms with Gasteiger partial charge in [0.1, 0.15) is 4.88 Å². The third kappa shape index (κ3) is 2.76. The summed E-state index contributed by atoms with van der Waals surface area (Å²) in [6.45, 7) is 6.93. The van der Waals surface area contributed by atoms with E-state index in [0.29, 0.717) is 23.7 Å². The Labute approximate surface area is 147 Å². The van der Waals surface area contributed by atoms with Crippen LogP contribution in [0.2, 0.25) is 0 Å². The number of anilines is 1. The maximum Gasteiger partial charge on any atom is 0.267 e. The van der Waals surface area contributed by atoms with Crippen molar-refractivity contribution >= 4 is 44.1 Å². The minimum Gasteiger partial charge on any atom is -0.345 e. The maximum absolute atomic E-state index is 12.5. The molecule has 1 aliphatic rings. The molecule has 1 aliphatic heterocycles. The number of hydrogen-bond donors (Lipinski definition) is 0. The van der Waals surface area contributed by atoms with E-state index in [1.807, 2.05) is 11.8 Å². The van der Waals surface area contributed by atoms with E-state index in [0.717, 1.165) is 23.7 Å². The number of aromatic nitrogens is 3. The first kappa shape index (κ1) is 15.5. The summed E-state index contributed by atoms with van der Waals surface area (Å²) in [6, 6.07) is 6.34. The largest absolute Gasteiger partial charge is 0.345 e. The van der Waals surface area contributed by atoms with Gasteiger partial charge < -0.3 is 9.80 Å². The number of hydrogen-bond acceptors (Lipinski definition) is 7. The summed E-state index contributed by atoms with van der Waals surface area (Å²) in [5.74, 6) is 0.0436. The summed E-state index contributed by atoms with van der Waals surface area (Å²) >= 11 is 2.90. The highest BCUT2D eigenvalue weighted by Gasteiger charge is 2.26. The summed E-state index contributed by atoms with van der Waals surface area (Å²) in [4.78, 5) is 22.1. The molecule has 1 amide bonds. The van der Waals surface area contributed by atoms with Gasteiger partial charge in [0.15, 0.2) is 5.13 Å². The molecule has 0 radical (unpaired) electrons. The molecule has 0 unspecified atom stereocenters. The van der Waals surface area contributed by atoms with Crippen LogP contribution in [-0.4, -0.2) is 51.6 Å². The lowest BCUT2D eigenvalue weighted by Crippen LogP contribution is -2.48. The SMILES string of the molecule is Cc1ccc2nc(N3CCN(C(=O)c4snnc4C)CC3)sc2c1. The zero-order valence-electron chi connectivity index (χ0n) is 13.5. The number of aryl methyl sites for hydroxylation is 2. The number of carbonyl (C=O) groups excluding carboxylic acids is 1. The molecule has 4 rings (SSSR count). The Morgan fingerprint density at radius 1 is 1.17 bits per heavy atom. The monoisotopic (exact) mass is 359 g/mol. The smallest absolute Gasteiger partial charge is 0.267 e. The third-order valence-corrected chi connectivity index (χ3v) is 6.11. The van der Waals surface area contributed by atoms with E-state index in [2.05, 4.69) is 39.6 Å². The van der Waals surface area contributed by atoms with Gasteiger partial charge in [-0.3, -0.25) is 4.79 Å². The lowest BCUT2D eigenvalue weighted by molar-refractivity contribution is 0.0750. The summed E-state index contributed by atoms with van der Waals surface area (Å²) in [5, 5.41) is 4.97. The average Bonchev–Trinajstić information content (AvgIpc) is 3.20. The van der Waals surface area contributed by atoms with Crippen molar-refractivity contribution in [1.82, 2.24) is 19.5 Å². The normalized spacial score (nSPS) is 15.2. The summed E-state index contributed by atoms with van der Waals surface area (Å²) in [7, 11) is 0. The Kier molecular flexibility index (Phi) is 3.93. The molecule has 0 saturated carbocycles. The summed E-state index contributed by atoms with van der Waals surface area (Å²) in [6.07, 6.45) is 0.